The molecule has 3 unspecified atom stereocenters. The lowest BCUT2D eigenvalue weighted by molar-refractivity contribution is 0.197. The molecule has 0 saturated heterocycles. The van der Waals surface area contributed by atoms with Gasteiger partial charge in [-0.3, -0.25) is 0 Å². The highest BCUT2D eigenvalue weighted by Gasteiger charge is 2.27. The van der Waals surface area contributed by atoms with Crippen LogP contribution in [0.3, 0.4) is 0 Å². The Morgan fingerprint density at radius 3 is 2.88 bits per heavy atom. The second kappa shape index (κ2) is 5.63. The van der Waals surface area contributed by atoms with Crippen LogP contribution in [0.1, 0.15) is 51.9 Å². The Balaban J connectivity index is 2.04. The lowest BCUT2D eigenvalue weighted by atomic mass is 9.79. The molecule has 0 spiro atoms. The predicted octanol–water partition coefficient (Wildman–Crippen LogP) is 2.38. The normalized spacial score (nSPS) is 29.5. The second-order valence-corrected chi connectivity index (χ2v) is 5.32. The first kappa shape index (κ1) is 12.6. The van der Waals surface area contributed by atoms with E-state index >= 15 is 0 Å². The number of nitrogens with one attached hydrogen (secondary N) is 1. The van der Waals surface area contributed by atoms with E-state index < -0.39 is 0 Å². The Bertz CT molecular complexity index is 347. The second-order valence-electron chi connectivity index (χ2n) is 5.32. The van der Waals surface area contributed by atoms with E-state index in [9.17, 15) is 0 Å². The van der Waals surface area contributed by atoms with E-state index in [4.69, 9.17) is 0 Å². The molecule has 96 valence electrons. The lowest BCUT2D eigenvalue weighted by Crippen LogP contribution is -2.26. The topological polar surface area (TPSA) is 42.7 Å². The zero-order valence-corrected chi connectivity index (χ0v) is 11.2. The molecule has 0 amide bonds. The summed E-state index contributed by atoms with van der Waals surface area (Å²) in [5, 5.41) is 7.74. The molecule has 1 saturated carbocycles. The van der Waals surface area contributed by atoms with Gasteiger partial charge in [0.25, 0.3) is 0 Å². The van der Waals surface area contributed by atoms with Gasteiger partial charge < -0.3 is 5.32 Å². The van der Waals surface area contributed by atoms with Crippen LogP contribution in [0.4, 0.5) is 0 Å². The molecule has 0 aromatic carbocycles. The van der Waals surface area contributed by atoms with Crippen molar-refractivity contribution in [2.75, 3.05) is 6.54 Å². The average Bonchev–Trinajstić information content (AvgIpc) is 2.78. The third kappa shape index (κ3) is 2.86. The van der Waals surface area contributed by atoms with Crippen molar-refractivity contribution in [3.05, 3.63) is 12.2 Å². The molecule has 0 aliphatic heterocycles. The molecule has 0 radical (unpaired) electrons. The summed E-state index contributed by atoms with van der Waals surface area (Å²) in [4.78, 5) is 4.36. The number of hydrogen-bond acceptors (Lipinski definition) is 3. The largest absolute Gasteiger partial charge is 0.310 e. The molecule has 1 aliphatic rings. The van der Waals surface area contributed by atoms with E-state index in [2.05, 4.69) is 40.9 Å². The molecule has 1 fully saturated rings. The molecule has 2 rings (SSSR count). The van der Waals surface area contributed by atoms with Gasteiger partial charge in [0.2, 0.25) is 0 Å². The fourth-order valence-electron chi connectivity index (χ4n) is 2.68. The van der Waals surface area contributed by atoms with Crippen molar-refractivity contribution < 1.29 is 0 Å². The minimum atomic E-state index is 0.553. The molecule has 0 bridgehead atoms. The summed E-state index contributed by atoms with van der Waals surface area (Å²) in [6.45, 7) is 8.65. The van der Waals surface area contributed by atoms with Gasteiger partial charge in [0.05, 0.1) is 12.6 Å². The Labute approximate surface area is 104 Å². The standard InChI is InChI=1S/C13H24N4/c1-4-14-8-13-15-9-16-17(13)12-6-5-10(2)11(3)7-12/h9-12,14H,4-8H2,1-3H3. The van der Waals surface area contributed by atoms with E-state index in [1.54, 1.807) is 6.33 Å². The minimum absolute atomic E-state index is 0.553. The summed E-state index contributed by atoms with van der Waals surface area (Å²) in [5.41, 5.74) is 0. The molecule has 1 aromatic rings. The molecule has 3 atom stereocenters. The van der Waals surface area contributed by atoms with Gasteiger partial charge in [0.1, 0.15) is 12.2 Å². The summed E-state index contributed by atoms with van der Waals surface area (Å²) in [6, 6.07) is 0.553. The molecule has 4 heteroatoms. The molecular weight excluding hydrogens is 212 g/mol. The first-order valence-corrected chi connectivity index (χ1v) is 6.81. The van der Waals surface area contributed by atoms with E-state index in [-0.39, 0.29) is 0 Å². The van der Waals surface area contributed by atoms with E-state index in [0.29, 0.717) is 6.04 Å². The molecule has 1 aliphatic carbocycles. The SMILES string of the molecule is CCNCc1ncnn1C1CCC(C)C(C)C1. The summed E-state index contributed by atoms with van der Waals surface area (Å²) < 4.78 is 2.14. The van der Waals surface area contributed by atoms with E-state index in [0.717, 1.165) is 30.7 Å². The first-order chi connectivity index (χ1) is 8.22. The summed E-state index contributed by atoms with van der Waals surface area (Å²) >= 11 is 0. The molecule has 1 heterocycles. The van der Waals surface area contributed by atoms with Crippen LogP contribution in [-0.2, 0) is 6.54 Å². The quantitative estimate of drug-likeness (QED) is 0.873. The zero-order valence-electron chi connectivity index (χ0n) is 11.2. The van der Waals surface area contributed by atoms with Crippen LogP contribution < -0.4 is 5.32 Å². The predicted molar refractivity (Wildman–Crippen MR) is 68.6 cm³/mol. The number of rotatable bonds is 4. The van der Waals surface area contributed by atoms with Crippen LogP contribution in [0.2, 0.25) is 0 Å². The molecule has 17 heavy (non-hydrogen) atoms. The van der Waals surface area contributed by atoms with Gasteiger partial charge in [-0.05, 0) is 37.6 Å². The van der Waals surface area contributed by atoms with Crippen molar-refractivity contribution in [2.24, 2.45) is 11.8 Å². The molecular formula is C13H24N4. The highest BCUT2D eigenvalue weighted by Crippen LogP contribution is 2.35. The maximum absolute atomic E-state index is 4.42. The fourth-order valence-corrected chi connectivity index (χ4v) is 2.68. The van der Waals surface area contributed by atoms with Gasteiger partial charge in [-0.2, -0.15) is 5.10 Å². The van der Waals surface area contributed by atoms with Crippen molar-refractivity contribution in [1.82, 2.24) is 20.1 Å². The van der Waals surface area contributed by atoms with Crippen molar-refractivity contribution in [3.8, 4) is 0 Å². The van der Waals surface area contributed by atoms with Gasteiger partial charge in [-0.15, -0.1) is 0 Å². The van der Waals surface area contributed by atoms with Crippen molar-refractivity contribution in [1.29, 1.82) is 0 Å². The zero-order chi connectivity index (χ0) is 12.3. The van der Waals surface area contributed by atoms with Crippen LogP contribution in [-0.4, -0.2) is 21.3 Å². The fraction of sp³-hybridized carbons (Fsp3) is 0.846. The Morgan fingerprint density at radius 2 is 2.18 bits per heavy atom. The van der Waals surface area contributed by atoms with E-state index in [1.807, 2.05) is 0 Å². The molecule has 4 nitrogen and oxygen atoms in total. The summed E-state index contributed by atoms with van der Waals surface area (Å²) in [6.07, 6.45) is 5.49. The van der Waals surface area contributed by atoms with Gasteiger partial charge in [-0.25, -0.2) is 9.67 Å². The van der Waals surface area contributed by atoms with Crippen LogP contribution in [0.25, 0.3) is 0 Å². The van der Waals surface area contributed by atoms with Crippen LogP contribution in [0, 0.1) is 11.8 Å². The average molecular weight is 236 g/mol. The van der Waals surface area contributed by atoms with Crippen LogP contribution >= 0.6 is 0 Å². The van der Waals surface area contributed by atoms with E-state index in [1.165, 1.54) is 19.3 Å². The monoisotopic (exact) mass is 236 g/mol. The first-order valence-electron chi connectivity index (χ1n) is 6.81. The Kier molecular flexibility index (Phi) is 4.15. The third-order valence-corrected chi connectivity index (χ3v) is 4.10. The highest BCUT2D eigenvalue weighted by atomic mass is 15.4. The Hall–Kier alpha value is -0.900. The third-order valence-electron chi connectivity index (χ3n) is 4.10. The van der Waals surface area contributed by atoms with Gasteiger partial charge in [0.15, 0.2) is 0 Å². The number of nitrogens with zero attached hydrogens (tertiary/aromatic N) is 3. The van der Waals surface area contributed by atoms with Crippen molar-refractivity contribution in [2.45, 2.75) is 52.6 Å². The Morgan fingerprint density at radius 1 is 1.35 bits per heavy atom. The van der Waals surface area contributed by atoms with Gasteiger partial charge in [0, 0.05) is 0 Å². The van der Waals surface area contributed by atoms with Gasteiger partial charge in [-0.1, -0.05) is 20.8 Å². The van der Waals surface area contributed by atoms with Crippen LogP contribution in [0.5, 0.6) is 0 Å². The smallest absolute Gasteiger partial charge is 0.141 e. The lowest BCUT2D eigenvalue weighted by Gasteiger charge is -2.32. The highest BCUT2D eigenvalue weighted by molar-refractivity contribution is 4.90. The number of hydrogen-bond donors (Lipinski definition) is 1. The maximum atomic E-state index is 4.42. The summed E-state index contributed by atoms with van der Waals surface area (Å²) in [5.74, 6) is 2.73. The van der Waals surface area contributed by atoms with Gasteiger partial charge >= 0.3 is 0 Å². The van der Waals surface area contributed by atoms with Crippen LogP contribution in [0.15, 0.2) is 6.33 Å². The van der Waals surface area contributed by atoms with Crippen molar-refractivity contribution >= 4 is 0 Å². The van der Waals surface area contributed by atoms with Crippen molar-refractivity contribution in [3.63, 3.8) is 0 Å². The maximum Gasteiger partial charge on any atom is 0.141 e. The number of aromatic nitrogens is 3. The molecule has 1 aromatic heterocycles. The minimum Gasteiger partial charge on any atom is -0.310 e. The molecule has 1 N–H and O–H groups in total. The summed E-state index contributed by atoms with van der Waals surface area (Å²) in [7, 11) is 0.